The topological polar surface area (TPSA) is 103 Å². The number of carbonyl (C=O) groups is 1. The number of benzene rings is 1. The molecule has 7 nitrogen and oxygen atoms in total. The zero-order chi connectivity index (χ0) is 16.7. The first-order valence-corrected chi connectivity index (χ1v) is 6.38. The second kappa shape index (κ2) is 5.23. The molecule has 0 aromatic heterocycles. The van der Waals surface area contributed by atoms with Crippen LogP contribution in [0.4, 0.5) is 11.4 Å². The second-order valence-corrected chi connectivity index (χ2v) is 6.02. The molecule has 1 aromatic rings. The predicted octanol–water partition coefficient (Wildman–Crippen LogP) is 3.62. The van der Waals surface area contributed by atoms with Gasteiger partial charge in [-0.25, -0.2) is 0 Å². The maximum atomic E-state index is 11.8. The standard InChI is InChI=1S/C14H18N2O5/c1-7-11(14(4,5)6)8(2)13(16(20)21)10(9(3)17)12(7)15(18)19/h1-6H3. The van der Waals surface area contributed by atoms with Gasteiger partial charge in [0.05, 0.1) is 9.85 Å². The minimum absolute atomic E-state index is 0.306. The van der Waals surface area contributed by atoms with Crippen molar-refractivity contribution >= 4 is 17.2 Å². The Labute approximate surface area is 122 Å². The molecule has 0 atom stereocenters. The number of nitro benzene ring substituents is 2. The smallest absolute Gasteiger partial charge is 0.290 e. The lowest BCUT2D eigenvalue weighted by molar-refractivity contribution is -0.395. The Morgan fingerprint density at radius 2 is 1.29 bits per heavy atom. The summed E-state index contributed by atoms with van der Waals surface area (Å²) in [6.07, 6.45) is 0. The molecule has 21 heavy (non-hydrogen) atoms. The van der Waals surface area contributed by atoms with Gasteiger partial charge in [-0.1, -0.05) is 20.8 Å². The first-order chi connectivity index (χ1) is 9.41. The Morgan fingerprint density at radius 3 is 1.48 bits per heavy atom. The average Bonchev–Trinajstić information content (AvgIpc) is 2.24. The van der Waals surface area contributed by atoms with Crippen LogP contribution >= 0.6 is 0 Å². The van der Waals surface area contributed by atoms with E-state index < -0.39 is 38.0 Å². The lowest BCUT2D eigenvalue weighted by atomic mass is 9.78. The third kappa shape index (κ3) is 2.76. The van der Waals surface area contributed by atoms with Crippen LogP contribution in [0, 0.1) is 34.1 Å². The molecule has 0 heterocycles. The monoisotopic (exact) mass is 294 g/mol. The minimum Gasteiger partial charge on any atom is -0.294 e. The summed E-state index contributed by atoms with van der Waals surface area (Å²) in [5.41, 5.74) is -0.728. The minimum atomic E-state index is -0.715. The van der Waals surface area contributed by atoms with Gasteiger partial charge in [-0.05, 0) is 31.7 Å². The lowest BCUT2D eigenvalue weighted by Gasteiger charge is -2.24. The van der Waals surface area contributed by atoms with Gasteiger partial charge in [-0.3, -0.25) is 25.0 Å². The Bertz CT molecular complexity index is 615. The van der Waals surface area contributed by atoms with Gasteiger partial charge in [0.25, 0.3) is 11.4 Å². The number of hydrogen-bond donors (Lipinski definition) is 0. The van der Waals surface area contributed by atoms with Crippen molar-refractivity contribution in [2.45, 2.75) is 47.0 Å². The molecule has 1 rings (SSSR count). The van der Waals surface area contributed by atoms with Gasteiger partial charge >= 0.3 is 0 Å². The number of Topliss-reactive ketones (excluding diaryl/α,β-unsaturated/α-hetero) is 1. The van der Waals surface area contributed by atoms with Gasteiger partial charge in [0, 0.05) is 11.1 Å². The van der Waals surface area contributed by atoms with Gasteiger partial charge < -0.3 is 0 Å². The zero-order valence-electron chi connectivity index (χ0n) is 12.9. The molecule has 114 valence electrons. The molecule has 0 N–H and O–H groups in total. The van der Waals surface area contributed by atoms with Gasteiger partial charge in [-0.15, -0.1) is 0 Å². The van der Waals surface area contributed by atoms with E-state index in [9.17, 15) is 25.0 Å². The number of ketones is 1. The van der Waals surface area contributed by atoms with E-state index in [-0.39, 0.29) is 0 Å². The number of hydrogen-bond acceptors (Lipinski definition) is 5. The Hall–Kier alpha value is -2.31. The molecule has 0 aliphatic carbocycles. The predicted molar refractivity (Wildman–Crippen MR) is 77.9 cm³/mol. The Morgan fingerprint density at radius 1 is 0.952 bits per heavy atom. The molecule has 0 saturated heterocycles. The van der Waals surface area contributed by atoms with E-state index in [0.29, 0.717) is 16.7 Å². The summed E-state index contributed by atoms with van der Waals surface area (Å²) in [4.78, 5) is 33.0. The van der Waals surface area contributed by atoms with Crippen molar-refractivity contribution in [1.29, 1.82) is 0 Å². The van der Waals surface area contributed by atoms with E-state index in [1.165, 1.54) is 13.8 Å². The molecule has 0 bridgehead atoms. The molecule has 0 spiro atoms. The van der Waals surface area contributed by atoms with Crippen LogP contribution in [0.25, 0.3) is 0 Å². The fourth-order valence-electron chi connectivity index (χ4n) is 2.92. The number of nitro groups is 2. The molecular formula is C14H18N2O5. The highest BCUT2D eigenvalue weighted by Crippen LogP contribution is 2.42. The van der Waals surface area contributed by atoms with Crippen LogP contribution in [0.3, 0.4) is 0 Å². The van der Waals surface area contributed by atoms with Crippen molar-refractivity contribution in [2.75, 3.05) is 0 Å². The van der Waals surface area contributed by atoms with Crippen molar-refractivity contribution in [2.24, 2.45) is 0 Å². The fourth-order valence-corrected chi connectivity index (χ4v) is 2.92. The highest BCUT2D eigenvalue weighted by molar-refractivity contribution is 6.03. The number of carbonyl (C=O) groups excluding carboxylic acids is 1. The third-order valence-corrected chi connectivity index (χ3v) is 3.40. The molecule has 0 aliphatic heterocycles. The van der Waals surface area contributed by atoms with Crippen molar-refractivity contribution in [1.82, 2.24) is 0 Å². The first-order valence-electron chi connectivity index (χ1n) is 6.38. The molecular weight excluding hydrogens is 276 g/mol. The largest absolute Gasteiger partial charge is 0.294 e. The van der Waals surface area contributed by atoms with E-state index >= 15 is 0 Å². The van der Waals surface area contributed by atoms with Crippen LogP contribution in [0.5, 0.6) is 0 Å². The van der Waals surface area contributed by atoms with E-state index in [2.05, 4.69) is 0 Å². The Balaban J connectivity index is 4.15. The normalized spacial score (nSPS) is 11.3. The molecule has 0 saturated carbocycles. The summed E-state index contributed by atoms with van der Waals surface area (Å²) in [6.45, 7) is 9.63. The van der Waals surface area contributed by atoms with Crippen molar-refractivity contribution in [3.05, 3.63) is 42.5 Å². The van der Waals surface area contributed by atoms with Gasteiger partial charge in [-0.2, -0.15) is 0 Å². The first kappa shape index (κ1) is 16.7. The molecule has 0 fully saturated rings. The van der Waals surface area contributed by atoms with Gasteiger partial charge in [0.15, 0.2) is 11.3 Å². The van der Waals surface area contributed by atoms with Crippen LogP contribution in [0.15, 0.2) is 0 Å². The highest BCUT2D eigenvalue weighted by atomic mass is 16.6. The maximum Gasteiger partial charge on any atom is 0.290 e. The fraction of sp³-hybridized carbons (Fsp3) is 0.500. The zero-order valence-corrected chi connectivity index (χ0v) is 12.9. The van der Waals surface area contributed by atoms with Gasteiger partial charge in [0.2, 0.25) is 0 Å². The highest BCUT2D eigenvalue weighted by Gasteiger charge is 2.38. The van der Waals surface area contributed by atoms with E-state index in [1.54, 1.807) is 0 Å². The van der Waals surface area contributed by atoms with E-state index in [4.69, 9.17) is 0 Å². The maximum absolute atomic E-state index is 11.8. The van der Waals surface area contributed by atoms with Crippen molar-refractivity contribution < 1.29 is 14.6 Å². The molecule has 7 heteroatoms. The molecule has 0 amide bonds. The van der Waals surface area contributed by atoms with Crippen LogP contribution in [0.2, 0.25) is 0 Å². The summed E-state index contributed by atoms with van der Waals surface area (Å²) in [5.74, 6) is -0.681. The molecule has 1 aromatic carbocycles. The number of nitrogens with zero attached hydrogens (tertiary/aromatic N) is 2. The molecule has 0 unspecified atom stereocenters. The average molecular weight is 294 g/mol. The second-order valence-electron chi connectivity index (χ2n) is 6.02. The van der Waals surface area contributed by atoms with Gasteiger partial charge in [0.1, 0.15) is 0 Å². The van der Waals surface area contributed by atoms with Crippen LogP contribution < -0.4 is 0 Å². The van der Waals surface area contributed by atoms with Crippen LogP contribution in [-0.2, 0) is 5.41 Å². The summed E-state index contributed by atoms with van der Waals surface area (Å²) in [6, 6.07) is 0. The number of rotatable bonds is 3. The summed E-state index contributed by atoms with van der Waals surface area (Å²) >= 11 is 0. The van der Waals surface area contributed by atoms with Crippen molar-refractivity contribution in [3.8, 4) is 0 Å². The quantitative estimate of drug-likeness (QED) is 0.481. The summed E-state index contributed by atoms with van der Waals surface area (Å²) in [5, 5.41) is 22.7. The van der Waals surface area contributed by atoms with E-state index in [1.807, 2.05) is 20.8 Å². The van der Waals surface area contributed by atoms with Crippen LogP contribution in [0.1, 0.15) is 54.7 Å². The molecule has 0 radical (unpaired) electrons. The van der Waals surface area contributed by atoms with Crippen LogP contribution in [-0.4, -0.2) is 15.6 Å². The third-order valence-electron chi connectivity index (χ3n) is 3.40. The van der Waals surface area contributed by atoms with Crippen molar-refractivity contribution in [3.63, 3.8) is 0 Å². The lowest BCUT2D eigenvalue weighted by Crippen LogP contribution is -2.20. The summed E-state index contributed by atoms with van der Waals surface area (Å²) in [7, 11) is 0. The van der Waals surface area contributed by atoms with E-state index in [0.717, 1.165) is 6.92 Å². The summed E-state index contributed by atoms with van der Waals surface area (Å²) < 4.78 is 0. The SMILES string of the molecule is CC(=O)c1c([N+](=O)[O-])c(C)c(C(C)(C)C)c(C)c1[N+](=O)[O-]. The Kier molecular flexibility index (Phi) is 4.17. The molecule has 0 aliphatic rings.